The molecular weight excluding hydrogens is 264 g/mol. The first kappa shape index (κ1) is 14.9. The van der Waals surface area contributed by atoms with Gasteiger partial charge in [-0.3, -0.25) is 0 Å². The Labute approximate surface area is 118 Å². The maximum Gasteiger partial charge on any atom is 0.327 e. The molecule has 5 heteroatoms. The van der Waals surface area contributed by atoms with Gasteiger partial charge in [0.05, 0.1) is 12.2 Å². The number of thioether (sulfide) groups is 1. The topological polar surface area (TPSA) is 66.8 Å². The molecule has 2 N–H and O–H groups in total. The Morgan fingerprint density at radius 1 is 1.26 bits per heavy atom. The summed E-state index contributed by atoms with van der Waals surface area (Å²) in [4.78, 5) is 10.3. The Balaban J connectivity index is 1.59. The molecule has 0 aromatic heterocycles. The van der Waals surface area contributed by atoms with Crippen LogP contribution in [0, 0.1) is 11.8 Å². The highest BCUT2D eigenvalue weighted by Gasteiger charge is 2.47. The van der Waals surface area contributed by atoms with Gasteiger partial charge in [0.2, 0.25) is 0 Å². The van der Waals surface area contributed by atoms with Crippen molar-refractivity contribution in [3.8, 4) is 0 Å². The van der Waals surface area contributed by atoms with E-state index in [1.807, 2.05) is 11.8 Å². The van der Waals surface area contributed by atoms with Gasteiger partial charge in [0, 0.05) is 18.6 Å². The molecule has 2 aliphatic rings. The summed E-state index contributed by atoms with van der Waals surface area (Å²) in [6.45, 7) is 0.248. The van der Waals surface area contributed by atoms with E-state index in [1.165, 1.54) is 6.08 Å². The third-order valence-electron chi connectivity index (χ3n) is 4.09. The van der Waals surface area contributed by atoms with Crippen LogP contribution in [0.4, 0.5) is 0 Å². The second-order valence-electron chi connectivity index (χ2n) is 5.23. The Hall–Kier alpha value is -0.520. The summed E-state index contributed by atoms with van der Waals surface area (Å²) >= 11 is 1.85. The molecule has 0 aromatic carbocycles. The molecule has 2 rings (SSSR count). The third kappa shape index (κ3) is 3.97. The lowest BCUT2D eigenvalue weighted by atomic mass is 9.78. The number of aliphatic hydroxyl groups is 1. The molecular formula is C14H22O4S. The Morgan fingerprint density at radius 3 is 2.68 bits per heavy atom. The number of carboxylic acid groups (broad SMARTS) is 1. The summed E-state index contributed by atoms with van der Waals surface area (Å²) in [6, 6.07) is 0. The van der Waals surface area contributed by atoms with E-state index >= 15 is 0 Å². The van der Waals surface area contributed by atoms with Crippen molar-refractivity contribution >= 4 is 17.7 Å². The van der Waals surface area contributed by atoms with Crippen LogP contribution in [0.3, 0.4) is 0 Å². The van der Waals surface area contributed by atoms with Crippen molar-refractivity contribution in [2.45, 2.75) is 37.9 Å². The lowest BCUT2D eigenvalue weighted by Gasteiger charge is -2.26. The van der Waals surface area contributed by atoms with Crippen molar-refractivity contribution in [2.24, 2.45) is 11.8 Å². The third-order valence-corrected chi connectivity index (χ3v) is 5.13. The van der Waals surface area contributed by atoms with Crippen LogP contribution in [-0.2, 0) is 9.53 Å². The minimum Gasteiger partial charge on any atom is -0.478 e. The summed E-state index contributed by atoms with van der Waals surface area (Å²) in [5, 5.41) is 17.9. The number of hydrogen-bond donors (Lipinski definition) is 2. The molecule has 4 nitrogen and oxygen atoms in total. The van der Waals surface area contributed by atoms with Gasteiger partial charge in [-0.25, -0.2) is 4.79 Å². The number of aliphatic hydroxyl groups excluding tert-OH is 1. The van der Waals surface area contributed by atoms with Crippen molar-refractivity contribution in [1.29, 1.82) is 0 Å². The second-order valence-corrected chi connectivity index (χ2v) is 6.46. The van der Waals surface area contributed by atoms with Crippen molar-refractivity contribution in [2.75, 3.05) is 18.1 Å². The van der Waals surface area contributed by atoms with Gasteiger partial charge in [0.1, 0.15) is 0 Å². The smallest absolute Gasteiger partial charge is 0.327 e. The highest BCUT2D eigenvalue weighted by molar-refractivity contribution is 7.99. The Kier molecular flexibility index (Phi) is 5.73. The minimum atomic E-state index is -0.880. The molecule has 2 fully saturated rings. The first-order valence-corrected chi connectivity index (χ1v) is 8.11. The van der Waals surface area contributed by atoms with E-state index < -0.39 is 5.97 Å². The summed E-state index contributed by atoms with van der Waals surface area (Å²) in [5.41, 5.74) is 0. The number of allylic oxidation sites excluding steroid dienone is 1. The van der Waals surface area contributed by atoms with Gasteiger partial charge in [0.15, 0.2) is 0 Å². The van der Waals surface area contributed by atoms with Crippen LogP contribution < -0.4 is 0 Å². The van der Waals surface area contributed by atoms with Crippen LogP contribution >= 0.6 is 11.8 Å². The molecule has 0 spiro atoms. The minimum absolute atomic E-state index is 0.248. The van der Waals surface area contributed by atoms with Crippen LogP contribution in [0.1, 0.15) is 25.7 Å². The number of fused-ring (bicyclic) bond motifs is 2. The monoisotopic (exact) mass is 286 g/mol. The maximum atomic E-state index is 10.3. The average Bonchev–Trinajstić information content (AvgIpc) is 2.97. The van der Waals surface area contributed by atoms with Gasteiger partial charge in [0.25, 0.3) is 0 Å². The standard InChI is InChI=1S/C14H22O4S/c15-9-11-10(12-4-5-13(11)18-12)6-8-19-7-2-1-3-14(16)17/h1,3,10-13,15H,2,4-9H2,(H,16,17)/t10-,11+,12-,13+/m1/s1. The molecule has 19 heavy (non-hydrogen) atoms. The normalized spacial score (nSPS) is 33.3. The largest absolute Gasteiger partial charge is 0.478 e. The van der Waals surface area contributed by atoms with Crippen molar-refractivity contribution in [1.82, 2.24) is 0 Å². The molecule has 2 aliphatic heterocycles. The Bertz CT molecular complexity index is 331. The zero-order valence-corrected chi connectivity index (χ0v) is 11.8. The van der Waals surface area contributed by atoms with E-state index in [0.717, 1.165) is 37.2 Å². The van der Waals surface area contributed by atoms with Gasteiger partial charge in [-0.1, -0.05) is 6.08 Å². The summed E-state index contributed by atoms with van der Waals surface area (Å²) in [6.07, 6.45) is 7.72. The van der Waals surface area contributed by atoms with E-state index in [9.17, 15) is 9.90 Å². The molecule has 0 aliphatic carbocycles. The van der Waals surface area contributed by atoms with Crippen LogP contribution in [-0.4, -0.2) is 46.5 Å². The van der Waals surface area contributed by atoms with E-state index in [4.69, 9.17) is 9.84 Å². The molecule has 0 radical (unpaired) electrons. The number of aliphatic carboxylic acids is 1. The molecule has 0 aromatic rings. The molecule has 2 heterocycles. The molecule has 4 atom stereocenters. The van der Waals surface area contributed by atoms with E-state index in [-0.39, 0.29) is 6.61 Å². The fraction of sp³-hybridized carbons (Fsp3) is 0.786. The highest BCUT2D eigenvalue weighted by atomic mass is 32.2. The summed E-state index contributed by atoms with van der Waals surface area (Å²) < 4.78 is 5.86. The predicted molar refractivity (Wildman–Crippen MR) is 75.3 cm³/mol. The van der Waals surface area contributed by atoms with Gasteiger partial charge >= 0.3 is 5.97 Å². The lowest BCUT2D eigenvalue weighted by Crippen LogP contribution is -2.30. The predicted octanol–water partition coefficient (Wildman–Crippen LogP) is 1.93. The number of carbonyl (C=O) groups is 1. The van der Waals surface area contributed by atoms with Gasteiger partial charge in [-0.2, -0.15) is 11.8 Å². The molecule has 0 unspecified atom stereocenters. The second kappa shape index (κ2) is 7.31. The molecule has 0 saturated carbocycles. The van der Waals surface area contributed by atoms with Crippen LogP contribution in [0.2, 0.25) is 0 Å². The fourth-order valence-corrected chi connectivity index (χ4v) is 4.13. The zero-order chi connectivity index (χ0) is 13.7. The summed E-state index contributed by atoms with van der Waals surface area (Å²) in [7, 11) is 0. The Morgan fingerprint density at radius 2 is 2.00 bits per heavy atom. The molecule has 108 valence electrons. The number of carboxylic acids is 1. The number of ether oxygens (including phenoxy) is 1. The summed E-state index contributed by atoms with van der Waals surface area (Å²) in [5.74, 6) is 2.00. The number of rotatable bonds is 8. The van der Waals surface area contributed by atoms with E-state index in [2.05, 4.69) is 0 Å². The molecule has 2 bridgehead atoms. The van der Waals surface area contributed by atoms with Crippen LogP contribution in [0.15, 0.2) is 12.2 Å². The number of hydrogen-bond acceptors (Lipinski definition) is 4. The van der Waals surface area contributed by atoms with Gasteiger partial charge in [-0.15, -0.1) is 0 Å². The zero-order valence-electron chi connectivity index (χ0n) is 11.0. The molecule has 0 amide bonds. The maximum absolute atomic E-state index is 10.3. The average molecular weight is 286 g/mol. The van der Waals surface area contributed by atoms with Crippen molar-refractivity contribution < 1.29 is 19.7 Å². The fourth-order valence-electron chi connectivity index (χ4n) is 3.18. The lowest BCUT2D eigenvalue weighted by molar-refractivity contribution is -0.131. The SMILES string of the molecule is O=C(O)C=CCCSCC[C@@H]1[C@H](CO)[C@@H]2CC[C@H]1O2. The van der Waals surface area contributed by atoms with Crippen molar-refractivity contribution in [3.05, 3.63) is 12.2 Å². The van der Waals surface area contributed by atoms with Crippen LogP contribution in [0.25, 0.3) is 0 Å². The van der Waals surface area contributed by atoms with Crippen LogP contribution in [0.5, 0.6) is 0 Å². The van der Waals surface area contributed by atoms with Crippen molar-refractivity contribution in [3.63, 3.8) is 0 Å². The van der Waals surface area contributed by atoms with Gasteiger partial charge < -0.3 is 14.9 Å². The van der Waals surface area contributed by atoms with E-state index in [0.29, 0.717) is 24.0 Å². The van der Waals surface area contributed by atoms with E-state index in [1.54, 1.807) is 6.08 Å². The first-order valence-electron chi connectivity index (χ1n) is 6.96. The van der Waals surface area contributed by atoms with Gasteiger partial charge in [-0.05, 0) is 43.1 Å². The molecule has 2 saturated heterocycles. The highest BCUT2D eigenvalue weighted by Crippen LogP contribution is 2.45. The first-order chi connectivity index (χ1) is 9.22. The quantitative estimate of drug-likeness (QED) is 0.527.